The van der Waals surface area contributed by atoms with Crippen molar-refractivity contribution in [3.05, 3.63) is 24.4 Å². The van der Waals surface area contributed by atoms with E-state index in [4.69, 9.17) is 0 Å². The van der Waals surface area contributed by atoms with Crippen molar-refractivity contribution in [3.8, 4) is 0 Å². The summed E-state index contributed by atoms with van der Waals surface area (Å²) in [5, 5.41) is 2.73. The third kappa shape index (κ3) is 2.08. The van der Waals surface area contributed by atoms with Crippen molar-refractivity contribution in [1.29, 1.82) is 0 Å². The van der Waals surface area contributed by atoms with Gasteiger partial charge in [-0.3, -0.25) is 14.5 Å². The summed E-state index contributed by atoms with van der Waals surface area (Å²) in [5.41, 5.74) is 0. The Morgan fingerprint density at radius 1 is 1.33 bits per heavy atom. The lowest BCUT2D eigenvalue weighted by atomic mass is 10.2. The Hall–Kier alpha value is -1.91. The van der Waals surface area contributed by atoms with Gasteiger partial charge in [0.1, 0.15) is 11.9 Å². The third-order valence-corrected chi connectivity index (χ3v) is 3.34. The summed E-state index contributed by atoms with van der Waals surface area (Å²) in [7, 11) is 0. The molecule has 1 aliphatic carbocycles. The van der Waals surface area contributed by atoms with Gasteiger partial charge in [-0.15, -0.1) is 0 Å². The molecule has 0 radical (unpaired) electrons. The lowest BCUT2D eigenvalue weighted by molar-refractivity contribution is -0.124. The molecule has 18 heavy (non-hydrogen) atoms. The standard InChI is InChI=1S/C13H15N3O2/c17-12-7-6-10(15-12)13(18)16(9-4-5-9)11-3-1-2-8-14-11/h1-3,8-10H,4-7H2,(H,15,17). The van der Waals surface area contributed by atoms with Gasteiger partial charge in [-0.2, -0.15) is 0 Å². The number of nitrogens with zero attached hydrogens (tertiary/aromatic N) is 2. The Bertz CT molecular complexity index is 470. The summed E-state index contributed by atoms with van der Waals surface area (Å²) in [6.07, 6.45) is 4.75. The summed E-state index contributed by atoms with van der Waals surface area (Å²) in [4.78, 5) is 29.6. The van der Waals surface area contributed by atoms with E-state index in [9.17, 15) is 9.59 Å². The maximum absolute atomic E-state index is 12.4. The van der Waals surface area contributed by atoms with Gasteiger partial charge in [0.15, 0.2) is 0 Å². The highest BCUT2D eigenvalue weighted by Crippen LogP contribution is 2.31. The molecule has 94 valence electrons. The van der Waals surface area contributed by atoms with E-state index in [1.165, 1.54) is 0 Å². The molecule has 3 rings (SSSR count). The topological polar surface area (TPSA) is 62.3 Å². The molecule has 2 amide bonds. The van der Waals surface area contributed by atoms with Gasteiger partial charge >= 0.3 is 0 Å². The van der Waals surface area contributed by atoms with Crippen LogP contribution in [0.25, 0.3) is 0 Å². The summed E-state index contributed by atoms with van der Waals surface area (Å²) < 4.78 is 0. The van der Waals surface area contributed by atoms with Crippen molar-refractivity contribution in [3.63, 3.8) is 0 Å². The van der Waals surface area contributed by atoms with Gasteiger partial charge in [-0.05, 0) is 31.4 Å². The lowest BCUT2D eigenvalue weighted by Gasteiger charge is -2.24. The maximum Gasteiger partial charge on any atom is 0.250 e. The Labute approximate surface area is 105 Å². The van der Waals surface area contributed by atoms with E-state index in [1.807, 2.05) is 18.2 Å². The smallest absolute Gasteiger partial charge is 0.250 e. The molecular formula is C13H15N3O2. The molecular weight excluding hydrogens is 230 g/mol. The summed E-state index contributed by atoms with van der Waals surface area (Å²) in [6.45, 7) is 0. The van der Waals surface area contributed by atoms with Crippen molar-refractivity contribution in [2.45, 2.75) is 37.8 Å². The molecule has 2 heterocycles. The minimum absolute atomic E-state index is 0.0259. The van der Waals surface area contributed by atoms with Crippen molar-refractivity contribution in [1.82, 2.24) is 10.3 Å². The molecule has 0 bridgehead atoms. The Morgan fingerprint density at radius 2 is 2.17 bits per heavy atom. The predicted octanol–water partition coefficient (Wildman–Crippen LogP) is 0.856. The molecule has 1 aliphatic heterocycles. The molecule has 1 N–H and O–H groups in total. The zero-order valence-corrected chi connectivity index (χ0v) is 10.0. The van der Waals surface area contributed by atoms with Gasteiger partial charge in [0, 0.05) is 18.7 Å². The molecule has 1 aromatic heterocycles. The van der Waals surface area contributed by atoms with Crippen LogP contribution in [0.1, 0.15) is 25.7 Å². The molecule has 0 spiro atoms. The zero-order valence-electron chi connectivity index (χ0n) is 10.0. The number of anilines is 1. The monoisotopic (exact) mass is 245 g/mol. The highest BCUT2D eigenvalue weighted by molar-refractivity contribution is 6.00. The molecule has 0 aromatic carbocycles. The van der Waals surface area contributed by atoms with Crippen molar-refractivity contribution < 1.29 is 9.59 Å². The number of hydrogen-bond acceptors (Lipinski definition) is 3. The molecule has 5 nitrogen and oxygen atoms in total. The quantitative estimate of drug-likeness (QED) is 0.859. The minimum atomic E-state index is -0.375. The van der Waals surface area contributed by atoms with Crippen molar-refractivity contribution in [2.24, 2.45) is 0 Å². The van der Waals surface area contributed by atoms with E-state index < -0.39 is 0 Å². The number of nitrogens with one attached hydrogen (secondary N) is 1. The lowest BCUT2D eigenvalue weighted by Crippen LogP contribution is -2.46. The Kier molecular flexibility index (Phi) is 2.74. The molecule has 2 aliphatic rings. The largest absolute Gasteiger partial charge is 0.344 e. The first-order valence-electron chi connectivity index (χ1n) is 6.29. The number of carbonyl (C=O) groups excluding carboxylic acids is 2. The van der Waals surface area contributed by atoms with E-state index in [-0.39, 0.29) is 23.9 Å². The average molecular weight is 245 g/mol. The van der Waals surface area contributed by atoms with Crippen LogP contribution in [0.15, 0.2) is 24.4 Å². The third-order valence-electron chi connectivity index (χ3n) is 3.34. The fourth-order valence-corrected chi connectivity index (χ4v) is 2.28. The highest BCUT2D eigenvalue weighted by atomic mass is 16.2. The number of hydrogen-bond donors (Lipinski definition) is 1. The summed E-state index contributed by atoms with van der Waals surface area (Å²) in [5.74, 6) is 0.623. The zero-order chi connectivity index (χ0) is 12.5. The van der Waals surface area contributed by atoms with E-state index in [1.54, 1.807) is 11.1 Å². The SMILES string of the molecule is O=C1CCC(C(=O)N(c2ccccn2)C2CC2)N1. The van der Waals surface area contributed by atoms with E-state index in [0.717, 1.165) is 12.8 Å². The van der Waals surface area contributed by atoms with Gasteiger partial charge in [-0.1, -0.05) is 6.07 Å². The first-order valence-corrected chi connectivity index (χ1v) is 6.29. The molecule has 1 saturated carbocycles. The normalized spacial score (nSPS) is 22.7. The molecule has 1 unspecified atom stereocenters. The van der Waals surface area contributed by atoms with Crippen molar-refractivity contribution >= 4 is 17.6 Å². The number of aromatic nitrogens is 1. The fraction of sp³-hybridized carbons (Fsp3) is 0.462. The predicted molar refractivity (Wildman–Crippen MR) is 65.9 cm³/mol. The van der Waals surface area contributed by atoms with Crippen LogP contribution in [0.4, 0.5) is 5.82 Å². The van der Waals surface area contributed by atoms with Crippen molar-refractivity contribution in [2.75, 3.05) is 4.90 Å². The molecule has 1 atom stereocenters. The van der Waals surface area contributed by atoms with Crippen LogP contribution in [0.2, 0.25) is 0 Å². The van der Waals surface area contributed by atoms with Gasteiger partial charge in [0.2, 0.25) is 5.91 Å². The van der Waals surface area contributed by atoms with Crippen LogP contribution in [-0.2, 0) is 9.59 Å². The second-order valence-electron chi connectivity index (χ2n) is 4.79. The first-order chi connectivity index (χ1) is 8.75. The average Bonchev–Trinajstić information content (AvgIpc) is 3.12. The van der Waals surface area contributed by atoms with Crippen LogP contribution < -0.4 is 10.2 Å². The molecule has 1 saturated heterocycles. The number of rotatable bonds is 3. The summed E-state index contributed by atoms with van der Waals surface area (Å²) >= 11 is 0. The van der Waals surface area contributed by atoms with Gasteiger partial charge in [0.25, 0.3) is 5.91 Å². The Balaban J connectivity index is 1.82. The number of amides is 2. The Morgan fingerprint density at radius 3 is 2.72 bits per heavy atom. The van der Waals surface area contributed by atoms with Gasteiger partial charge in [0.05, 0.1) is 0 Å². The number of carbonyl (C=O) groups is 2. The van der Waals surface area contributed by atoms with Crippen LogP contribution in [0.5, 0.6) is 0 Å². The van der Waals surface area contributed by atoms with E-state index in [0.29, 0.717) is 18.7 Å². The van der Waals surface area contributed by atoms with Crippen LogP contribution in [0, 0.1) is 0 Å². The molecule has 1 aromatic rings. The number of pyridine rings is 1. The van der Waals surface area contributed by atoms with Gasteiger partial charge < -0.3 is 5.32 Å². The van der Waals surface area contributed by atoms with Crippen LogP contribution >= 0.6 is 0 Å². The molecule has 5 heteroatoms. The van der Waals surface area contributed by atoms with E-state index in [2.05, 4.69) is 10.3 Å². The van der Waals surface area contributed by atoms with Gasteiger partial charge in [-0.25, -0.2) is 4.98 Å². The second-order valence-corrected chi connectivity index (χ2v) is 4.79. The van der Waals surface area contributed by atoms with Crippen LogP contribution in [-0.4, -0.2) is 28.9 Å². The second kappa shape index (κ2) is 4.40. The molecule has 2 fully saturated rings. The maximum atomic E-state index is 12.4. The summed E-state index contributed by atoms with van der Waals surface area (Å²) in [6, 6.07) is 5.42. The highest BCUT2D eigenvalue weighted by Gasteiger charge is 2.39. The van der Waals surface area contributed by atoms with E-state index >= 15 is 0 Å². The minimum Gasteiger partial charge on any atom is -0.344 e. The fourth-order valence-electron chi connectivity index (χ4n) is 2.28. The van der Waals surface area contributed by atoms with Crippen LogP contribution in [0.3, 0.4) is 0 Å². The first kappa shape index (κ1) is 11.2.